The van der Waals surface area contributed by atoms with E-state index in [1.807, 2.05) is 61.5 Å². The van der Waals surface area contributed by atoms with E-state index in [0.717, 1.165) is 35.3 Å². The Morgan fingerprint density at radius 2 is 1.67 bits per heavy atom. The number of furan rings is 1. The molecular weight excluding hydrogens is 653 g/mol. The molecule has 3 N–H and O–H groups in total. The average Bonchev–Trinajstić information content (AvgIpc) is 3.73. The van der Waals surface area contributed by atoms with Crippen LogP contribution in [0.1, 0.15) is 52.4 Å². The molecule has 0 saturated carbocycles. The molecule has 2 heterocycles. The molecule has 2 atom stereocenters. The molecule has 1 aliphatic rings. The minimum Gasteiger partial charge on any atom is -0.457 e. The van der Waals surface area contributed by atoms with Crippen molar-refractivity contribution in [3.63, 3.8) is 0 Å². The van der Waals surface area contributed by atoms with Crippen LogP contribution in [0.25, 0.3) is 17.4 Å². The van der Waals surface area contributed by atoms with Crippen molar-refractivity contribution < 1.29 is 18.8 Å². The zero-order chi connectivity index (χ0) is 34.3. The van der Waals surface area contributed by atoms with Crippen LogP contribution in [0.5, 0.6) is 0 Å². The molecule has 0 saturated heterocycles. The van der Waals surface area contributed by atoms with E-state index in [9.17, 15) is 19.6 Å². The van der Waals surface area contributed by atoms with Gasteiger partial charge in [-0.05, 0) is 86.2 Å². The molecule has 246 valence electrons. The third kappa shape index (κ3) is 8.20. The molecule has 3 amide bonds. The molecule has 10 heteroatoms. The van der Waals surface area contributed by atoms with Gasteiger partial charge in [-0.1, -0.05) is 55.5 Å². The number of carbonyl (C=O) groups excluding carboxylic acids is 3. The molecule has 8 nitrogen and oxygen atoms in total. The Morgan fingerprint density at radius 3 is 2.39 bits per heavy atom. The summed E-state index contributed by atoms with van der Waals surface area (Å²) >= 11 is 2.89. The van der Waals surface area contributed by atoms with E-state index in [-0.39, 0.29) is 11.6 Å². The number of benzene rings is 3. The summed E-state index contributed by atoms with van der Waals surface area (Å²) < 4.78 is 5.98. The highest BCUT2D eigenvalue weighted by Crippen LogP contribution is 2.39. The molecule has 0 aliphatic heterocycles. The zero-order valence-corrected chi connectivity index (χ0v) is 28.6. The number of carbonyl (C=O) groups is 3. The van der Waals surface area contributed by atoms with Gasteiger partial charge in [0.25, 0.3) is 11.8 Å². The predicted octanol–water partition coefficient (Wildman–Crippen LogP) is 8.53. The summed E-state index contributed by atoms with van der Waals surface area (Å²) in [7, 11) is 0. The number of nitrogens with zero attached hydrogens (tertiary/aromatic N) is 1. The fourth-order valence-electron chi connectivity index (χ4n) is 5.52. The predicted molar refractivity (Wildman–Crippen MR) is 195 cm³/mol. The van der Waals surface area contributed by atoms with E-state index in [2.05, 4.69) is 28.9 Å². The van der Waals surface area contributed by atoms with Crippen LogP contribution in [0.15, 0.2) is 112 Å². The minimum absolute atomic E-state index is 0.00742. The lowest BCUT2D eigenvalue weighted by atomic mass is 9.89. The van der Waals surface area contributed by atoms with Crippen molar-refractivity contribution in [3.05, 3.63) is 130 Å². The maximum Gasteiger partial charge on any atom is 0.272 e. The van der Waals surface area contributed by atoms with Gasteiger partial charge in [0.05, 0.1) is 10.8 Å². The number of thiophene rings is 1. The van der Waals surface area contributed by atoms with E-state index >= 15 is 0 Å². The van der Waals surface area contributed by atoms with Gasteiger partial charge in [-0.2, -0.15) is 5.26 Å². The second kappa shape index (κ2) is 15.2. The molecule has 0 unspecified atom stereocenters. The number of nitriles is 1. The number of hydrogen-bond donors (Lipinski definition) is 3. The Kier molecular flexibility index (Phi) is 10.4. The minimum atomic E-state index is -0.531. The van der Waals surface area contributed by atoms with E-state index in [4.69, 9.17) is 4.42 Å². The van der Waals surface area contributed by atoms with Crippen molar-refractivity contribution >= 4 is 57.6 Å². The number of amides is 3. The first kappa shape index (κ1) is 33.5. The lowest BCUT2D eigenvalue weighted by Crippen LogP contribution is -2.30. The van der Waals surface area contributed by atoms with Crippen LogP contribution in [-0.4, -0.2) is 23.0 Å². The van der Waals surface area contributed by atoms with Crippen molar-refractivity contribution in [2.75, 3.05) is 10.6 Å². The van der Waals surface area contributed by atoms with Gasteiger partial charge >= 0.3 is 0 Å². The third-order valence-electron chi connectivity index (χ3n) is 8.15. The summed E-state index contributed by atoms with van der Waals surface area (Å²) in [6.07, 6.45) is 4.35. The van der Waals surface area contributed by atoms with Gasteiger partial charge in [-0.3, -0.25) is 14.4 Å². The van der Waals surface area contributed by atoms with Gasteiger partial charge in [0.15, 0.2) is 0 Å². The van der Waals surface area contributed by atoms with Crippen LogP contribution in [0, 0.1) is 17.2 Å². The first-order valence-electron chi connectivity index (χ1n) is 15.9. The van der Waals surface area contributed by atoms with Crippen LogP contribution in [-0.2, 0) is 22.4 Å². The average molecular weight is 687 g/mol. The van der Waals surface area contributed by atoms with Gasteiger partial charge in [0.2, 0.25) is 5.91 Å². The van der Waals surface area contributed by atoms with E-state index < -0.39 is 17.1 Å². The molecule has 0 bridgehead atoms. The summed E-state index contributed by atoms with van der Waals surface area (Å²) in [5, 5.41) is 18.6. The largest absolute Gasteiger partial charge is 0.457 e. The maximum absolute atomic E-state index is 13.5. The second-order valence-electron chi connectivity index (χ2n) is 11.8. The maximum atomic E-state index is 13.5. The van der Waals surface area contributed by atoms with E-state index in [1.165, 1.54) is 34.1 Å². The Bertz CT molecular complexity index is 2040. The molecule has 5 aromatic rings. The van der Waals surface area contributed by atoms with Gasteiger partial charge in [0, 0.05) is 32.7 Å². The fraction of sp³-hybridized carbons (Fsp3) is 0.179. The standard InChI is InChI=1S/C39H34N4O4S2/c1-24-13-19-31-32(23-40)39(49-35(31)21-24)43-36(44)25(2)48-30-17-14-28(15-18-30)41-38(46)33(42-37(45)27-11-7-4-8-12-27)22-29-16-20-34(47-29)26-9-5-3-6-10-26/h3-12,14-18,20,22,24-25H,13,19,21H2,1-2H3,(H,41,46)(H,42,45)(H,43,44)/b33-22-/t24-,25-/m0/s1. The SMILES string of the molecule is C[C@H]1CCc2c(sc(NC(=O)[C@H](C)Sc3ccc(NC(=O)/C(=C/c4ccc(-c5ccccc5)o4)NC(=O)c4ccccc4)cc3)c2C#N)C1. The Morgan fingerprint density at radius 1 is 0.959 bits per heavy atom. The summed E-state index contributed by atoms with van der Waals surface area (Å²) in [5.74, 6) is 0.458. The van der Waals surface area contributed by atoms with Gasteiger partial charge in [-0.25, -0.2) is 0 Å². The van der Waals surface area contributed by atoms with Crippen LogP contribution >= 0.6 is 23.1 Å². The van der Waals surface area contributed by atoms with E-state index in [0.29, 0.717) is 39.3 Å². The molecule has 0 fully saturated rings. The zero-order valence-electron chi connectivity index (χ0n) is 27.0. The molecule has 49 heavy (non-hydrogen) atoms. The molecule has 0 radical (unpaired) electrons. The molecule has 0 spiro atoms. The fourth-order valence-corrected chi connectivity index (χ4v) is 7.75. The van der Waals surface area contributed by atoms with E-state index in [1.54, 1.807) is 42.5 Å². The summed E-state index contributed by atoms with van der Waals surface area (Å²) in [4.78, 5) is 41.7. The smallest absolute Gasteiger partial charge is 0.272 e. The monoisotopic (exact) mass is 686 g/mol. The molecule has 3 aromatic carbocycles. The molecule has 1 aliphatic carbocycles. The first-order chi connectivity index (χ1) is 23.8. The molecule has 6 rings (SSSR count). The number of fused-ring (bicyclic) bond motifs is 1. The highest BCUT2D eigenvalue weighted by atomic mass is 32.2. The van der Waals surface area contributed by atoms with Crippen molar-refractivity contribution in [2.45, 2.75) is 43.3 Å². The Labute approximate surface area is 293 Å². The highest BCUT2D eigenvalue weighted by molar-refractivity contribution is 8.00. The van der Waals surface area contributed by atoms with Gasteiger partial charge in [-0.15, -0.1) is 23.1 Å². The van der Waals surface area contributed by atoms with Crippen LogP contribution < -0.4 is 16.0 Å². The number of anilines is 2. The number of thioether (sulfide) groups is 1. The van der Waals surface area contributed by atoms with Crippen LogP contribution in [0.2, 0.25) is 0 Å². The van der Waals surface area contributed by atoms with Crippen molar-refractivity contribution in [1.29, 1.82) is 5.26 Å². The lowest BCUT2D eigenvalue weighted by Gasteiger charge is -2.17. The lowest BCUT2D eigenvalue weighted by molar-refractivity contribution is -0.115. The second-order valence-corrected chi connectivity index (χ2v) is 14.4. The van der Waals surface area contributed by atoms with Crippen LogP contribution in [0.4, 0.5) is 10.7 Å². The molecular formula is C39H34N4O4S2. The Hall–Kier alpha value is -5.37. The van der Waals surface area contributed by atoms with Gasteiger partial charge in [0.1, 0.15) is 28.3 Å². The summed E-state index contributed by atoms with van der Waals surface area (Å²) in [6.45, 7) is 4.03. The van der Waals surface area contributed by atoms with Crippen molar-refractivity contribution in [3.8, 4) is 17.4 Å². The highest BCUT2D eigenvalue weighted by Gasteiger charge is 2.26. The normalized spacial score (nSPS) is 14.6. The van der Waals surface area contributed by atoms with Crippen molar-refractivity contribution in [1.82, 2.24) is 5.32 Å². The molecule has 2 aromatic heterocycles. The third-order valence-corrected chi connectivity index (χ3v) is 10.4. The summed E-state index contributed by atoms with van der Waals surface area (Å²) in [5.41, 5.74) is 3.48. The quantitative estimate of drug-likeness (QED) is 0.1000. The van der Waals surface area contributed by atoms with Gasteiger partial charge < -0.3 is 20.4 Å². The number of hydrogen-bond acceptors (Lipinski definition) is 7. The van der Waals surface area contributed by atoms with Crippen LogP contribution in [0.3, 0.4) is 0 Å². The summed E-state index contributed by atoms with van der Waals surface area (Å²) in [6, 6.07) is 31.2. The Balaban J connectivity index is 1.12. The number of rotatable bonds is 10. The van der Waals surface area contributed by atoms with Crippen molar-refractivity contribution in [2.24, 2.45) is 5.92 Å². The number of nitrogens with one attached hydrogen (secondary N) is 3. The first-order valence-corrected chi connectivity index (χ1v) is 17.6. The topological polar surface area (TPSA) is 124 Å².